The Morgan fingerprint density at radius 1 is 1.35 bits per heavy atom. The van der Waals surface area contributed by atoms with Crippen molar-refractivity contribution in [3.63, 3.8) is 0 Å². The molecule has 0 unspecified atom stereocenters. The second kappa shape index (κ2) is 6.90. The zero-order valence-corrected chi connectivity index (χ0v) is 15.1. The highest BCUT2D eigenvalue weighted by molar-refractivity contribution is 7.99. The molecule has 2 aromatic heterocycles. The van der Waals surface area contributed by atoms with Gasteiger partial charge in [0.15, 0.2) is 5.16 Å². The van der Waals surface area contributed by atoms with Gasteiger partial charge in [-0.15, -0.1) is 10.2 Å². The van der Waals surface area contributed by atoms with E-state index in [9.17, 15) is 4.79 Å². The maximum atomic E-state index is 11.7. The molecule has 3 aromatic rings. The summed E-state index contributed by atoms with van der Waals surface area (Å²) in [5, 5.41) is 11.5. The van der Waals surface area contributed by atoms with Crippen molar-refractivity contribution in [3.05, 3.63) is 55.9 Å². The average Bonchev–Trinajstić information content (AvgIpc) is 3.11. The molecule has 0 radical (unpaired) electrons. The SMILES string of the molecule is Cc1ccc(-n2cnnc2SCCn2c(C)csc2=O)cc1Cl. The van der Waals surface area contributed by atoms with E-state index in [1.165, 1.54) is 11.3 Å². The van der Waals surface area contributed by atoms with Crippen LogP contribution in [0.4, 0.5) is 0 Å². The first kappa shape index (κ1) is 16.3. The molecule has 0 fully saturated rings. The van der Waals surface area contributed by atoms with Gasteiger partial charge in [0.25, 0.3) is 0 Å². The monoisotopic (exact) mass is 366 g/mol. The van der Waals surface area contributed by atoms with Crippen molar-refractivity contribution >= 4 is 34.7 Å². The molecule has 0 bridgehead atoms. The third kappa shape index (κ3) is 3.52. The van der Waals surface area contributed by atoms with E-state index in [4.69, 9.17) is 11.6 Å². The Labute approximate surface area is 146 Å². The van der Waals surface area contributed by atoms with Crippen molar-refractivity contribution in [1.29, 1.82) is 0 Å². The van der Waals surface area contributed by atoms with Gasteiger partial charge in [0.2, 0.25) is 0 Å². The first-order valence-corrected chi connectivity index (χ1v) is 9.25. The number of hydrogen-bond acceptors (Lipinski definition) is 5. The Balaban J connectivity index is 1.74. The summed E-state index contributed by atoms with van der Waals surface area (Å²) in [6, 6.07) is 5.86. The Morgan fingerprint density at radius 3 is 2.87 bits per heavy atom. The second-order valence-electron chi connectivity index (χ2n) is 5.06. The number of aromatic nitrogens is 4. The molecule has 0 aliphatic heterocycles. The Bertz CT molecular complexity index is 884. The number of thioether (sulfide) groups is 1. The van der Waals surface area contributed by atoms with Crippen LogP contribution < -0.4 is 4.87 Å². The summed E-state index contributed by atoms with van der Waals surface area (Å²) < 4.78 is 3.68. The van der Waals surface area contributed by atoms with E-state index in [0.717, 1.165) is 27.9 Å². The Hall–Kier alpha value is -1.57. The molecule has 3 rings (SSSR count). The lowest BCUT2D eigenvalue weighted by atomic mass is 10.2. The van der Waals surface area contributed by atoms with Crippen molar-refractivity contribution < 1.29 is 0 Å². The van der Waals surface area contributed by atoms with E-state index in [1.807, 2.05) is 42.0 Å². The van der Waals surface area contributed by atoms with Crippen LogP contribution >= 0.6 is 34.7 Å². The largest absolute Gasteiger partial charge is 0.307 e. The molecule has 0 N–H and O–H groups in total. The lowest BCUT2D eigenvalue weighted by molar-refractivity contribution is 0.729. The summed E-state index contributed by atoms with van der Waals surface area (Å²) in [6.45, 7) is 4.56. The molecule has 8 heteroatoms. The molecule has 0 aliphatic rings. The van der Waals surface area contributed by atoms with Crippen LogP contribution in [-0.2, 0) is 6.54 Å². The standard InChI is InChI=1S/C15H15ClN4OS2/c1-10-3-4-12(7-13(10)16)20-9-17-18-14(20)22-6-5-19-11(2)8-23-15(19)21/h3-4,7-9H,5-6H2,1-2H3. The van der Waals surface area contributed by atoms with Gasteiger partial charge in [-0.2, -0.15) is 0 Å². The minimum absolute atomic E-state index is 0.0786. The third-order valence-corrected chi connectivity index (χ3v) is 5.68. The molecule has 0 atom stereocenters. The number of rotatable bonds is 5. The van der Waals surface area contributed by atoms with Crippen molar-refractivity contribution in [3.8, 4) is 5.69 Å². The fourth-order valence-corrected chi connectivity index (χ4v) is 3.92. The van der Waals surface area contributed by atoms with Gasteiger partial charge < -0.3 is 4.57 Å². The van der Waals surface area contributed by atoms with Crippen LogP contribution in [0, 0.1) is 13.8 Å². The third-order valence-electron chi connectivity index (χ3n) is 3.47. The van der Waals surface area contributed by atoms with Crippen LogP contribution in [0.15, 0.2) is 39.9 Å². The zero-order chi connectivity index (χ0) is 16.4. The van der Waals surface area contributed by atoms with E-state index in [0.29, 0.717) is 11.6 Å². The Kier molecular flexibility index (Phi) is 4.89. The van der Waals surface area contributed by atoms with Gasteiger partial charge in [0.05, 0.1) is 5.69 Å². The lowest BCUT2D eigenvalue weighted by Crippen LogP contribution is -2.16. The molecule has 0 aliphatic carbocycles. The predicted octanol–water partition coefficient (Wildman–Crippen LogP) is 3.55. The van der Waals surface area contributed by atoms with E-state index in [-0.39, 0.29) is 4.87 Å². The van der Waals surface area contributed by atoms with Crippen molar-refractivity contribution in [1.82, 2.24) is 19.3 Å². The van der Waals surface area contributed by atoms with Crippen LogP contribution in [-0.4, -0.2) is 25.1 Å². The highest BCUT2D eigenvalue weighted by atomic mass is 35.5. The van der Waals surface area contributed by atoms with Gasteiger partial charge in [0.1, 0.15) is 6.33 Å². The zero-order valence-electron chi connectivity index (χ0n) is 12.7. The molecule has 0 saturated heterocycles. The maximum absolute atomic E-state index is 11.7. The summed E-state index contributed by atoms with van der Waals surface area (Å²) in [7, 11) is 0. The molecule has 120 valence electrons. The van der Waals surface area contributed by atoms with E-state index >= 15 is 0 Å². The van der Waals surface area contributed by atoms with Gasteiger partial charge in [-0.05, 0) is 31.5 Å². The van der Waals surface area contributed by atoms with Crippen LogP contribution in [0.5, 0.6) is 0 Å². The first-order chi connectivity index (χ1) is 11.1. The highest BCUT2D eigenvalue weighted by Crippen LogP contribution is 2.23. The molecule has 2 heterocycles. The molecule has 5 nitrogen and oxygen atoms in total. The van der Waals surface area contributed by atoms with Crippen molar-refractivity contribution in [2.45, 2.75) is 25.5 Å². The summed E-state index contributed by atoms with van der Waals surface area (Å²) >= 11 is 8.99. The summed E-state index contributed by atoms with van der Waals surface area (Å²) in [5.74, 6) is 0.746. The summed E-state index contributed by atoms with van der Waals surface area (Å²) in [5.41, 5.74) is 2.95. The predicted molar refractivity (Wildman–Crippen MR) is 95.1 cm³/mol. The number of benzene rings is 1. The van der Waals surface area contributed by atoms with Crippen LogP contribution in [0.2, 0.25) is 5.02 Å². The van der Waals surface area contributed by atoms with Crippen LogP contribution in [0.1, 0.15) is 11.3 Å². The number of nitrogens with zero attached hydrogens (tertiary/aromatic N) is 4. The van der Waals surface area contributed by atoms with Gasteiger partial charge >= 0.3 is 4.87 Å². The second-order valence-corrected chi connectivity index (χ2v) is 7.35. The molecule has 0 amide bonds. The molecule has 0 spiro atoms. The molecular formula is C15H15ClN4OS2. The number of thiazole rings is 1. The van der Waals surface area contributed by atoms with Gasteiger partial charge in [0, 0.05) is 28.4 Å². The minimum atomic E-state index is 0.0786. The molecule has 23 heavy (non-hydrogen) atoms. The first-order valence-electron chi connectivity index (χ1n) is 7.00. The molecule has 1 aromatic carbocycles. The van der Waals surface area contributed by atoms with E-state index in [2.05, 4.69) is 10.2 Å². The topological polar surface area (TPSA) is 52.7 Å². The maximum Gasteiger partial charge on any atom is 0.307 e. The number of halogens is 1. The fraction of sp³-hybridized carbons (Fsp3) is 0.267. The van der Waals surface area contributed by atoms with Gasteiger partial charge in [-0.3, -0.25) is 9.36 Å². The average molecular weight is 367 g/mol. The minimum Gasteiger partial charge on any atom is -0.303 e. The fourth-order valence-electron chi connectivity index (χ4n) is 2.13. The van der Waals surface area contributed by atoms with Crippen LogP contribution in [0.3, 0.4) is 0 Å². The number of aryl methyl sites for hydroxylation is 2. The Morgan fingerprint density at radius 2 is 2.17 bits per heavy atom. The molecular weight excluding hydrogens is 352 g/mol. The normalized spacial score (nSPS) is 11.1. The summed E-state index contributed by atoms with van der Waals surface area (Å²) in [4.78, 5) is 11.8. The van der Waals surface area contributed by atoms with Gasteiger partial charge in [-0.1, -0.05) is 40.8 Å². The van der Waals surface area contributed by atoms with Crippen molar-refractivity contribution in [2.75, 3.05) is 5.75 Å². The van der Waals surface area contributed by atoms with Crippen molar-refractivity contribution in [2.24, 2.45) is 0 Å². The quantitative estimate of drug-likeness (QED) is 0.648. The van der Waals surface area contributed by atoms with Crippen LogP contribution in [0.25, 0.3) is 5.69 Å². The number of hydrogen-bond donors (Lipinski definition) is 0. The van der Waals surface area contributed by atoms with E-state index in [1.54, 1.807) is 22.7 Å². The smallest absolute Gasteiger partial charge is 0.303 e. The highest BCUT2D eigenvalue weighted by Gasteiger charge is 2.09. The summed E-state index contributed by atoms with van der Waals surface area (Å²) in [6.07, 6.45) is 1.67. The van der Waals surface area contributed by atoms with Gasteiger partial charge in [-0.25, -0.2) is 0 Å². The molecule has 0 saturated carbocycles. The lowest BCUT2D eigenvalue weighted by Gasteiger charge is -2.08. The van der Waals surface area contributed by atoms with E-state index < -0.39 is 0 Å².